The van der Waals surface area contributed by atoms with Crippen molar-refractivity contribution in [2.75, 3.05) is 12.8 Å². The highest BCUT2D eigenvalue weighted by Gasteiger charge is 1.94. The third-order valence-electron chi connectivity index (χ3n) is 1.73. The predicted molar refractivity (Wildman–Crippen MR) is 60.4 cm³/mol. The molecule has 1 unspecified atom stereocenters. The molecule has 0 aromatic heterocycles. The fourth-order valence-corrected chi connectivity index (χ4v) is 1.21. The van der Waals surface area contributed by atoms with E-state index in [0.717, 1.165) is 11.9 Å². The molecule has 13 heavy (non-hydrogen) atoms. The third kappa shape index (κ3) is 3.61. The monoisotopic (exact) mass is 194 g/mol. The van der Waals surface area contributed by atoms with Crippen molar-refractivity contribution in [1.82, 2.24) is 0 Å². The van der Waals surface area contributed by atoms with Crippen LogP contribution >= 0.6 is 9.24 Å². The molecule has 1 atom stereocenters. The molecule has 0 aliphatic carbocycles. The zero-order valence-corrected chi connectivity index (χ0v) is 9.02. The van der Waals surface area contributed by atoms with Crippen LogP contribution in [0.5, 0.6) is 5.75 Å². The van der Waals surface area contributed by atoms with Crippen LogP contribution in [0.3, 0.4) is 0 Å². The van der Waals surface area contributed by atoms with Gasteiger partial charge < -0.3 is 4.74 Å². The van der Waals surface area contributed by atoms with Crippen LogP contribution < -0.4 is 4.74 Å². The summed E-state index contributed by atoms with van der Waals surface area (Å²) in [5.74, 6) is 0.968. The first-order chi connectivity index (χ1) is 6.34. The van der Waals surface area contributed by atoms with Crippen molar-refractivity contribution in [2.45, 2.75) is 6.92 Å². The van der Waals surface area contributed by atoms with E-state index in [1.54, 1.807) is 0 Å². The minimum Gasteiger partial charge on any atom is -0.489 e. The van der Waals surface area contributed by atoms with Gasteiger partial charge in [-0.25, -0.2) is 0 Å². The summed E-state index contributed by atoms with van der Waals surface area (Å²) in [6.45, 7) is 2.70. The van der Waals surface area contributed by atoms with Gasteiger partial charge in [0, 0.05) is 0 Å². The minimum absolute atomic E-state index is 0.652. The molecule has 0 saturated heterocycles. The van der Waals surface area contributed by atoms with Gasteiger partial charge in [0.15, 0.2) is 0 Å². The summed E-state index contributed by atoms with van der Waals surface area (Å²) in [7, 11) is 2.65. The molecular weight excluding hydrogens is 179 g/mol. The normalized spacial score (nSPS) is 10.6. The Labute approximate surface area is 82.0 Å². The van der Waals surface area contributed by atoms with Crippen molar-refractivity contribution in [3.05, 3.63) is 42.0 Å². The van der Waals surface area contributed by atoms with Crippen molar-refractivity contribution < 1.29 is 4.74 Å². The van der Waals surface area contributed by atoms with Gasteiger partial charge in [-0.05, 0) is 24.7 Å². The van der Waals surface area contributed by atoms with Crippen LogP contribution in [0.4, 0.5) is 0 Å². The van der Waals surface area contributed by atoms with Crippen molar-refractivity contribution in [2.24, 2.45) is 0 Å². The van der Waals surface area contributed by atoms with Crippen molar-refractivity contribution >= 4 is 9.24 Å². The highest BCUT2D eigenvalue weighted by Crippen LogP contribution is 2.15. The molecule has 0 saturated carbocycles. The van der Waals surface area contributed by atoms with E-state index in [-0.39, 0.29) is 0 Å². The Morgan fingerprint density at radius 1 is 1.31 bits per heavy atom. The number of hydrogen-bond donors (Lipinski definition) is 0. The Bertz CT molecular complexity index is 281. The van der Waals surface area contributed by atoms with Gasteiger partial charge in [0.05, 0.1) is 0 Å². The van der Waals surface area contributed by atoms with E-state index in [4.69, 9.17) is 4.74 Å². The topological polar surface area (TPSA) is 9.23 Å². The first kappa shape index (κ1) is 10.3. The Kier molecular flexibility index (Phi) is 4.56. The fraction of sp³-hybridized carbons (Fsp3) is 0.273. The van der Waals surface area contributed by atoms with Gasteiger partial charge in [-0.3, -0.25) is 0 Å². The lowest BCUT2D eigenvalue weighted by Crippen LogP contribution is -1.94. The van der Waals surface area contributed by atoms with Crippen molar-refractivity contribution in [3.8, 4) is 5.75 Å². The third-order valence-corrected chi connectivity index (χ3v) is 2.00. The van der Waals surface area contributed by atoms with Crippen LogP contribution in [0, 0.1) is 6.92 Å². The molecule has 1 aromatic carbocycles. The summed E-state index contributed by atoms with van der Waals surface area (Å²) in [4.78, 5) is 0. The number of para-hydroxylation sites is 1. The lowest BCUT2D eigenvalue weighted by Gasteiger charge is -2.05. The molecule has 70 valence electrons. The number of ether oxygens (including phenoxy) is 1. The van der Waals surface area contributed by atoms with Crippen LogP contribution in [-0.4, -0.2) is 12.8 Å². The van der Waals surface area contributed by atoms with E-state index in [1.165, 1.54) is 5.56 Å². The second-order valence-electron chi connectivity index (χ2n) is 2.78. The van der Waals surface area contributed by atoms with Gasteiger partial charge in [0.2, 0.25) is 0 Å². The summed E-state index contributed by atoms with van der Waals surface area (Å²) < 4.78 is 5.54. The summed E-state index contributed by atoms with van der Waals surface area (Å²) in [6.07, 6.45) is 5.08. The summed E-state index contributed by atoms with van der Waals surface area (Å²) >= 11 is 0. The molecule has 0 aliphatic heterocycles. The maximum Gasteiger partial charge on any atom is 0.122 e. The van der Waals surface area contributed by atoms with Gasteiger partial charge in [0.25, 0.3) is 0 Å². The standard InChI is InChI=1S/C11H15OP/c1-10-6-2-3-7-11(10)12-8-4-5-9-13/h2-7H,8-9,13H2,1H3/b5-4+. The Hall–Kier alpha value is -0.810. The summed E-state index contributed by atoms with van der Waals surface area (Å²) in [5, 5.41) is 0. The molecule has 0 spiro atoms. The number of allylic oxidation sites excluding steroid dienone is 1. The molecule has 0 fully saturated rings. The summed E-state index contributed by atoms with van der Waals surface area (Å²) in [5.41, 5.74) is 1.18. The van der Waals surface area contributed by atoms with Gasteiger partial charge in [-0.15, -0.1) is 9.24 Å². The number of hydrogen-bond acceptors (Lipinski definition) is 1. The van der Waals surface area contributed by atoms with E-state index in [2.05, 4.69) is 28.3 Å². The molecule has 0 amide bonds. The molecule has 0 N–H and O–H groups in total. The van der Waals surface area contributed by atoms with E-state index < -0.39 is 0 Å². The zero-order chi connectivity index (χ0) is 9.52. The fourth-order valence-electron chi connectivity index (χ4n) is 1.02. The molecule has 0 aliphatic rings. The van der Waals surface area contributed by atoms with Crippen LogP contribution in [0.1, 0.15) is 5.56 Å². The summed E-state index contributed by atoms with van der Waals surface area (Å²) in [6, 6.07) is 8.04. The van der Waals surface area contributed by atoms with Crippen LogP contribution in [0.2, 0.25) is 0 Å². The Balaban J connectivity index is 2.45. The largest absolute Gasteiger partial charge is 0.489 e. The quantitative estimate of drug-likeness (QED) is 0.529. The molecule has 0 bridgehead atoms. The predicted octanol–water partition coefficient (Wildman–Crippen LogP) is 2.81. The van der Waals surface area contributed by atoms with Gasteiger partial charge in [0.1, 0.15) is 12.4 Å². The number of aryl methyl sites for hydroxylation is 1. The molecule has 0 heterocycles. The second kappa shape index (κ2) is 5.77. The van der Waals surface area contributed by atoms with Crippen LogP contribution in [0.15, 0.2) is 36.4 Å². The number of rotatable bonds is 4. The smallest absolute Gasteiger partial charge is 0.122 e. The van der Waals surface area contributed by atoms with Gasteiger partial charge in [-0.2, -0.15) is 0 Å². The number of benzene rings is 1. The highest BCUT2D eigenvalue weighted by molar-refractivity contribution is 7.16. The maximum absolute atomic E-state index is 5.54. The first-order valence-electron chi connectivity index (χ1n) is 4.38. The van der Waals surface area contributed by atoms with Gasteiger partial charge in [-0.1, -0.05) is 30.4 Å². The molecule has 2 heteroatoms. The Morgan fingerprint density at radius 3 is 2.77 bits per heavy atom. The first-order valence-corrected chi connectivity index (χ1v) is 5.19. The van der Waals surface area contributed by atoms with Crippen LogP contribution in [-0.2, 0) is 0 Å². The lowest BCUT2D eigenvalue weighted by molar-refractivity contribution is 0.360. The van der Waals surface area contributed by atoms with Crippen LogP contribution in [0.25, 0.3) is 0 Å². The SMILES string of the molecule is Cc1ccccc1OC/C=C/CP. The van der Waals surface area contributed by atoms with E-state index in [0.29, 0.717) is 6.61 Å². The average Bonchev–Trinajstić information content (AvgIpc) is 2.15. The lowest BCUT2D eigenvalue weighted by atomic mass is 10.2. The minimum atomic E-state index is 0.652. The van der Waals surface area contributed by atoms with Gasteiger partial charge >= 0.3 is 0 Å². The van der Waals surface area contributed by atoms with E-state index in [1.807, 2.05) is 24.3 Å². The Morgan fingerprint density at radius 2 is 2.08 bits per heavy atom. The molecular formula is C11H15OP. The molecule has 1 aromatic rings. The molecule has 1 nitrogen and oxygen atoms in total. The van der Waals surface area contributed by atoms with Crippen molar-refractivity contribution in [1.29, 1.82) is 0 Å². The zero-order valence-electron chi connectivity index (χ0n) is 7.86. The van der Waals surface area contributed by atoms with Crippen molar-refractivity contribution in [3.63, 3.8) is 0 Å². The van der Waals surface area contributed by atoms with E-state index >= 15 is 0 Å². The maximum atomic E-state index is 5.54. The second-order valence-corrected chi connectivity index (χ2v) is 3.26. The van der Waals surface area contributed by atoms with E-state index in [9.17, 15) is 0 Å². The molecule has 1 rings (SSSR count). The average molecular weight is 194 g/mol. The molecule has 0 radical (unpaired) electrons. The highest BCUT2D eigenvalue weighted by atomic mass is 31.0.